The number of hydrogen-bond acceptors (Lipinski definition) is 4. The fourth-order valence-electron chi connectivity index (χ4n) is 1.89. The SMILES string of the molecule is Cn1cc(CN2CCNC(C)(C)C2=O)nn1. The monoisotopic (exact) mass is 223 g/mol. The molecule has 0 radical (unpaired) electrons. The molecule has 1 fully saturated rings. The molecule has 0 aromatic carbocycles. The van der Waals surface area contributed by atoms with Crippen LogP contribution in [0, 0.1) is 0 Å². The minimum absolute atomic E-state index is 0.115. The van der Waals surface area contributed by atoms with Gasteiger partial charge in [0, 0.05) is 26.3 Å². The minimum Gasteiger partial charge on any atom is -0.334 e. The molecule has 0 saturated carbocycles. The van der Waals surface area contributed by atoms with Gasteiger partial charge >= 0.3 is 0 Å². The van der Waals surface area contributed by atoms with Crippen molar-refractivity contribution in [2.45, 2.75) is 25.9 Å². The van der Waals surface area contributed by atoms with Crippen LogP contribution in [0.4, 0.5) is 0 Å². The number of hydrogen-bond donors (Lipinski definition) is 1. The lowest BCUT2D eigenvalue weighted by molar-refractivity contribution is -0.140. The minimum atomic E-state index is -0.472. The Kier molecular flexibility index (Phi) is 2.67. The van der Waals surface area contributed by atoms with E-state index in [4.69, 9.17) is 0 Å². The molecule has 0 unspecified atom stereocenters. The molecule has 88 valence electrons. The maximum atomic E-state index is 12.1. The highest BCUT2D eigenvalue weighted by Crippen LogP contribution is 2.14. The number of amides is 1. The fourth-order valence-corrected chi connectivity index (χ4v) is 1.89. The van der Waals surface area contributed by atoms with Crippen LogP contribution >= 0.6 is 0 Å². The summed E-state index contributed by atoms with van der Waals surface area (Å²) in [5, 5.41) is 11.0. The predicted octanol–water partition coefficient (Wildman–Crippen LogP) is -0.474. The van der Waals surface area contributed by atoms with Crippen molar-refractivity contribution in [2.75, 3.05) is 13.1 Å². The van der Waals surface area contributed by atoms with Gasteiger partial charge in [0.05, 0.1) is 12.1 Å². The smallest absolute Gasteiger partial charge is 0.242 e. The van der Waals surface area contributed by atoms with Crippen molar-refractivity contribution in [1.29, 1.82) is 0 Å². The van der Waals surface area contributed by atoms with Crippen LogP contribution in [0.5, 0.6) is 0 Å². The molecule has 1 aliphatic heterocycles. The molecule has 1 aromatic rings. The van der Waals surface area contributed by atoms with E-state index in [0.717, 1.165) is 18.8 Å². The summed E-state index contributed by atoms with van der Waals surface area (Å²) >= 11 is 0. The third kappa shape index (κ3) is 2.06. The van der Waals surface area contributed by atoms with E-state index in [1.807, 2.05) is 32.0 Å². The number of aromatic nitrogens is 3. The Bertz CT molecular complexity index is 398. The van der Waals surface area contributed by atoms with Crippen LogP contribution < -0.4 is 5.32 Å². The maximum Gasteiger partial charge on any atom is 0.242 e. The first-order valence-corrected chi connectivity index (χ1v) is 5.38. The quantitative estimate of drug-likeness (QED) is 0.736. The molecular formula is C10H17N5O. The van der Waals surface area contributed by atoms with Gasteiger partial charge in [-0.1, -0.05) is 5.21 Å². The van der Waals surface area contributed by atoms with Gasteiger partial charge in [0.15, 0.2) is 0 Å². The van der Waals surface area contributed by atoms with Crippen molar-refractivity contribution in [2.24, 2.45) is 7.05 Å². The summed E-state index contributed by atoms with van der Waals surface area (Å²) in [6, 6.07) is 0. The molecule has 6 heteroatoms. The zero-order valence-corrected chi connectivity index (χ0v) is 9.90. The summed E-state index contributed by atoms with van der Waals surface area (Å²) in [5.41, 5.74) is 0.356. The van der Waals surface area contributed by atoms with Crippen molar-refractivity contribution in [1.82, 2.24) is 25.2 Å². The molecular weight excluding hydrogens is 206 g/mol. The Hall–Kier alpha value is -1.43. The van der Waals surface area contributed by atoms with E-state index in [0.29, 0.717) is 6.54 Å². The summed E-state index contributed by atoms with van der Waals surface area (Å²) in [5.74, 6) is 0.115. The van der Waals surface area contributed by atoms with E-state index in [9.17, 15) is 4.79 Å². The molecule has 1 N–H and O–H groups in total. The van der Waals surface area contributed by atoms with E-state index >= 15 is 0 Å². The van der Waals surface area contributed by atoms with Gasteiger partial charge < -0.3 is 10.2 Å². The molecule has 1 aromatic heterocycles. The molecule has 2 heterocycles. The number of carbonyl (C=O) groups excluding carboxylic acids is 1. The summed E-state index contributed by atoms with van der Waals surface area (Å²) in [4.78, 5) is 13.9. The highest BCUT2D eigenvalue weighted by Gasteiger charge is 2.35. The van der Waals surface area contributed by atoms with Crippen molar-refractivity contribution in [3.8, 4) is 0 Å². The van der Waals surface area contributed by atoms with Gasteiger partial charge in [0.25, 0.3) is 0 Å². The van der Waals surface area contributed by atoms with Gasteiger partial charge in [-0.25, -0.2) is 0 Å². The molecule has 1 saturated heterocycles. The summed E-state index contributed by atoms with van der Waals surface area (Å²) in [6.45, 7) is 5.88. The second kappa shape index (κ2) is 3.86. The Labute approximate surface area is 94.6 Å². The topological polar surface area (TPSA) is 63.0 Å². The van der Waals surface area contributed by atoms with Crippen molar-refractivity contribution >= 4 is 5.91 Å². The zero-order chi connectivity index (χ0) is 11.8. The van der Waals surface area contributed by atoms with E-state index in [-0.39, 0.29) is 5.91 Å². The number of nitrogens with zero attached hydrogens (tertiary/aromatic N) is 4. The molecule has 2 rings (SSSR count). The highest BCUT2D eigenvalue weighted by molar-refractivity contribution is 5.86. The summed E-state index contributed by atoms with van der Waals surface area (Å²) in [7, 11) is 1.82. The molecule has 0 spiro atoms. The Morgan fingerprint density at radius 1 is 1.56 bits per heavy atom. The first-order chi connectivity index (χ1) is 7.49. The molecule has 0 bridgehead atoms. The summed E-state index contributed by atoms with van der Waals surface area (Å²) < 4.78 is 1.65. The predicted molar refractivity (Wildman–Crippen MR) is 58.5 cm³/mol. The van der Waals surface area contributed by atoms with Gasteiger partial charge in [-0.05, 0) is 13.8 Å². The van der Waals surface area contributed by atoms with Gasteiger partial charge in [0.1, 0.15) is 5.69 Å². The fraction of sp³-hybridized carbons (Fsp3) is 0.700. The van der Waals surface area contributed by atoms with Crippen LogP contribution in [-0.4, -0.2) is 44.4 Å². The number of carbonyl (C=O) groups is 1. The number of aryl methyl sites for hydroxylation is 1. The Morgan fingerprint density at radius 3 is 2.94 bits per heavy atom. The van der Waals surface area contributed by atoms with Gasteiger partial charge in [-0.3, -0.25) is 9.48 Å². The second-order valence-corrected chi connectivity index (χ2v) is 4.66. The summed E-state index contributed by atoms with van der Waals surface area (Å²) in [6.07, 6.45) is 1.84. The number of rotatable bonds is 2. The van der Waals surface area contributed by atoms with Crippen LogP contribution in [0.3, 0.4) is 0 Å². The first-order valence-electron chi connectivity index (χ1n) is 5.38. The van der Waals surface area contributed by atoms with Crippen LogP contribution in [0.15, 0.2) is 6.20 Å². The van der Waals surface area contributed by atoms with Gasteiger partial charge in [-0.2, -0.15) is 0 Å². The Balaban J connectivity index is 2.07. The molecule has 16 heavy (non-hydrogen) atoms. The molecule has 1 aliphatic rings. The lowest BCUT2D eigenvalue weighted by Crippen LogP contribution is -2.60. The molecule has 0 aliphatic carbocycles. The number of nitrogens with one attached hydrogen (secondary N) is 1. The van der Waals surface area contributed by atoms with Crippen LogP contribution in [0.25, 0.3) is 0 Å². The third-order valence-corrected chi connectivity index (χ3v) is 2.77. The number of piperazine rings is 1. The van der Waals surface area contributed by atoms with Crippen LogP contribution in [-0.2, 0) is 18.4 Å². The third-order valence-electron chi connectivity index (χ3n) is 2.77. The molecule has 0 atom stereocenters. The zero-order valence-electron chi connectivity index (χ0n) is 9.90. The van der Waals surface area contributed by atoms with Crippen molar-refractivity contribution in [3.63, 3.8) is 0 Å². The van der Waals surface area contributed by atoms with Gasteiger partial charge in [-0.15, -0.1) is 5.10 Å². The van der Waals surface area contributed by atoms with E-state index in [1.54, 1.807) is 4.68 Å². The average Bonchev–Trinajstić information content (AvgIpc) is 2.59. The van der Waals surface area contributed by atoms with Crippen molar-refractivity contribution < 1.29 is 4.79 Å². The van der Waals surface area contributed by atoms with Crippen molar-refractivity contribution in [3.05, 3.63) is 11.9 Å². The lowest BCUT2D eigenvalue weighted by atomic mass is 10.0. The lowest BCUT2D eigenvalue weighted by Gasteiger charge is -2.37. The van der Waals surface area contributed by atoms with E-state index in [2.05, 4.69) is 15.6 Å². The largest absolute Gasteiger partial charge is 0.334 e. The molecule has 1 amide bonds. The standard InChI is InChI=1S/C10H17N5O/c1-10(2)9(16)15(5-4-11-10)7-8-6-14(3)13-12-8/h6,11H,4-5,7H2,1-3H3. The highest BCUT2D eigenvalue weighted by atomic mass is 16.2. The first kappa shape index (κ1) is 11.1. The van der Waals surface area contributed by atoms with E-state index in [1.165, 1.54) is 0 Å². The van der Waals surface area contributed by atoms with Crippen LogP contribution in [0.1, 0.15) is 19.5 Å². The van der Waals surface area contributed by atoms with Gasteiger partial charge in [0.2, 0.25) is 5.91 Å². The second-order valence-electron chi connectivity index (χ2n) is 4.66. The maximum absolute atomic E-state index is 12.1. The average molecular weight is 223 g/mol. The Morgan fingerprint density at radius 2 is 2.31 bits per heavy atom. The van der Waals surface area contributed by atoms with Crippen LogP contribution in [0.2, 0.25) is 0 Å². The normalized spacial score (nSPS) is 20.2. The molecule has 6 nitrogen and oxygen atoms in total. The van der Waals surface area contributed by atoms with E-state index < -0.39 is 5.54 Å².